The molecular formula is C21H30N2O3. The highest BCUT2D eigenvalue weighted by atomic mass is 16.6. The van der Waals surface area contributed by atoms with Crippen LogP contribution in [0.1, 0.15) is 44.9 Å². The molecule has 0 aromatic heterocycles. The Bertz CT molecular complexity index is 611. The summed E-state index contributed by atoms with van der Waals surface area (Å²) in [5, 5.41) is 3.05. The summed E-state index contributed by atoms with van der Waals surface area (Å²) < 4.78 is 11.6. The van der Waals surface area contributed by atoms with E-state index in [1.54, 1.807) is 0 Å². The van der Waals surface area contributed by atoms with Gasteiger partial charge in [-0.1, -0.05) is 31.4 Å². The maximum absolute atomic E-state index is 12.5. The Morgan fingerprint density at radius 1 is 1.08 bits per heavy atom. The number of nitrogens with zero attached hydrogens (tertiary/aromatic N) is 1. The maximum Gasteiger partial charge on any atom is 0.234 e. The van der Waals surface area contributed by atoms with E-state index in [4.69, 9.17) is 9.47 Å². The molecule has 1 heterocycles. The highest BCUT2D eigenvalue weighted by molar-refractivity contribution is 5.78. The molecule has 26 heavy (non-hydrogen) atoms. The van der Waals surface area contributed by atoms with Crippen LogP contribution in [0.3, 0.4) is 0 Å². The molecule has 0 saturated heterocycles. The molecule has 2 fully saturated rings. The first-order valence-corrected chi connectivity index (χ1v) is 10.2. The minimum absolute atomic E-state index is 0.107. The van der Waals surface area contributed by atoms with Gasteiger partial charge in [-0.2, -0.15) is 0 Å². The number of nitrogens with one attached hydrogen (secondary N) is 1. The van der Waals surface area contributed by atoms with Gasteiger partial charge in [0, 0.05) is 12.6 Å². The molecule has 1 aliphatic heterocycles. The number of benzene rings is 1. The fourth-order valence-electron chi connectivity index (χ4n) is 4.12. The van der Waals surface area contributed by atoms with E-state index in [2.05, 4.69) is 10.2 Å². The summed E-state index contributed by atoms with van der Waals surface area (Å²) in [6.45, 7) is 2.58. The van der Waals surface area contributed by atoms with Crippen LogP contribution in [0.15, 0.2) is 24.3 Å². The van der Waals surface area contributed by atoms with Crippen molar-refractivity contribution in [3.05, 3.63) is 24.3 Å². The first-order chi connectivity index (χ1) is 12.8. The lowest BCUT2D eigenvalue weighted by Gasteiger charge is -2.30. The molecule has 1 amide bonds. The molecule has 1 aromatic rings. The Morgan fingerprint density at radius 2 is 1.85 bits per heavy atom. The Hall–Kier alpha value is -1.75. The smallest absolute Gasteiger partial charge is 0.234 e. The molecule has 1 atom stereocenters. The number of ether oxygens (including phenoxy) is 2. The Balaban J connectivity index is 1.23. The van der Waals surface area contributed by atoms with Gasteiger partial charge >= 0.3 is 0 Å². The second-order valence-corrected chi connectivity index (χ2v) is 7.97. The van der Waals surface area contributed by atoms with Crippen molar-refractivity contribution in [1.29, 1.82) is 0 Å². The van der Waals surface area contributed by atoms with Crippen molar-refractivity contribution in [3.8, 4) is 11.5 Å². The largest absolute Gasteiger partial charge is 0.486 e. The van der Waals surface area contributed by atoms with E-state index in [0.29, 0.717) is 25.7 Å². The minimum atomic E-state index is -0.124. The van der Waals surface area contributed by atoms with Crippen LogP contribution in [0.2, 0.25) is 0 Å². The Labute approximate surface area is 156 Å². The first-order valence-electron chi connectivity index (χ1n) is 10.2. The Kier molecular flexibility index (Phi) is 5.63. The number of rotatable bonds is 7. The van der Waals surface area contributed by atoms with Gasteiger partial charge in [0.15, 0.2) is 11.5 Å². The third-order valence-electron chi connectivity index (χ3n) is 5.72. The van der Waals surface area contributed by atoms with Crippen molar-refractivity contribution in [2.75, 3.05) is 26.2 Å². The van der Waals surface area contributed by atoms with Crippen molar-refractivity contribution in [2.24, 2.45) is 5.92 Å². The molecule has 0 radical (unpaired) electrons. The number of carbonyl (C=O) groups excluding carboxylic acids is 1. The SMILES string of the molecule is O=C(CN(CC1CCCCC1)C1CC1)NCC1COc2ccccc2O1. The molecule has 142 valence electrons. The molecule has 0 bridgehead atoms. The molecular weight excluding hydrogens is 328 g/mol. The van der Waals surface area contributed by atoms with Gasteiger partial charge in [0.05, 0.1) is 13.1 Å². The molecule has 2 aliphatic carbocycles. The molecule has 4 rings (SSSR count). The van der Waals surface area contributed by atoms with Crippen molar-refractivity contribution in [3.63, 3.8) is 0 Å². The van der Waals surface area contributed by atoms with Gasteiger partial charge in [0.2, 0.25) is 5.91 Å². The molecule has 5 nitrogen and oxygen atoms in total. The quantitative estimate of drug-likeness (QED) is 0.814. The van der Waals surface area contributed by atoms with E-state index < -0.39 is 0 Å². The maximum atomic E-state index is 12.5. The standard InChI is InChI=1S/C21H30N2O3/c24-21(14-23(17-10-11-17)13-16-6-2-1-3-7-16)22-12-18-15-25-19-8-4-5-9-20(19)26-18/h4-5,8-9,16-18H,1-3,6-7,10-15H2,(H,22,24). The molecule has 1 N–H and O–H groups in total. The number of hydrogen-bond acceptors (Lipinski definition) is 4. The zero-order valence-corrected chi connectivity index (χ0v) is 15.5. The lowest BCUT2D eigenvalue weighted by molar-refractivity contribution is -0.123. The van der Waals surface area contributed by atoms with Crippen LogP contribution >= 0.6 is 0 Å². The lowest BCUT2D eigenvalue weighted by atomic mass is 9.89. The van der Waals surface area contributed by atoms with Gasteiger partial charge in [-0.05, 0) is 43.7 Å². The van der Waals surface area contributed by atoms with E-state index in [1.165, 1.54) is 44.9 Å². The van der Waals surface area contributed by atoms with Crippen LogP contribution in [-0.2, 0) is 4.79 Å². The predicted molar refractivity (Wildman–Crippen MR) is 101 cm³/mol. The highest BCUT2D eigenvalue weighted by Gasteiger charge is 2.32. The monoisotopic (exact) mass is 358 g/mol. The number of carbonyl (C=O) groups is 1. The second kappa shape index (κ2) is 8.30. The average Bonchev–Trinajstić information content (AvgIpc) is 3.52. The van der Waals surface area contributed by atoms with E-state index in [9.17, 15) is 4.79 Å². The van der Waals surface area contributed by atoms with Crippen molar-refractivity contribution < 1.29 is 14.3 Å². The van der Waals surface area contributed by atoms with Crippen LogP contribution in [0.25, 0.3) is 0 Å². The lowest BCUT2D eigenvalue weighted by Crippen LogP contribution is -2.45. The van der Waals surface area contributed by atoms with Crippen LogP contribution in [0.5, 0.6) is 11.5 Å². The van der Waals surface area contributed by atoms with Gasteiger partial charge in [-0.25, -0.2) is 0 Å². The van der Waals surface area contributed by atoms with Gasteiger partial charge in [-0.15, -0.1) is 0 Å². The van der Waals surface area contributed by atoms with E-state index in [0.717, 1.165) is 24.0 Å². The number of hydrogen-bond donors (Lipinski definition) is 1. The summed E-state index contributed by atoms with van der Waals surface area (Å²) >= 11 is 0. The highest BCUT2D eigenvalue weighted by Crippen LogP contribution is 2.32. The predicted octanol–water partition coefficient (Wildman–Crippen LogP) is 2.99. The van der Waals surface area contributed by atoms with Gasteiger partial charge in [0.1, 0.15) is 12.7 Å². The summed E-state index contributed by atoms with van der Waals surface area (Å²) in [5.41, 5.74) is 0. The van der Waals surface area contributed by atoms with Crippen molar-refractivity contribution in [2.45, 2.75) is 57.1 Å². The van der Waals surface area contributed by atoms with Crippen LogP contribution in [-0.4, -0.2) is 49.2 Å². The summed E-state index contributed by atoms with van der Waals surface area (Å²) in [7, 11) is 0. The fraction of sp³-hybridized carbons (Fsp3) is 0.667. The third kappa shape index (κ3) is 4.70. The number of fused-ring (bicyclic) bond motifs is 1. The third-order valence-corrected chi connectivity index (χ3v) is 5.72. The van der Waals surface area contributed by atoms with Crippen LogP contribution in [0.4, 0.5) is 0 Å². The summed E-state index contributed by atoms with van der Waals surface area (Å²) in [6, 6.07) is 8.31. The Morgan fingerprint density at radius 3 is 2.62 bits per heavy atom. The fourth-order valence-corrected chi connectivity index (χ4v) is 4.12. The van der Waals surface area contributed by atoms with Crippen LogP contribution in [0, 0.1) is 5.92 Å². The van der Waals surface area contributed by atoms with Gasteiger partial charge < -0.3 is 14.8 Å². The van der Waals surface area contributed by atoms with Gasteiger partial charge in [0.25, 0.3) is 0 Å². The molecule has 3 aliphatic rings. The minimum Gasteiger partial charge on any atom is -0.486 e. The zero-order chi connectivity index (χ0) is 17.8. The molecule has 1 unspecified atom stereocenters. The molecule has 0 spiro atoms. The topological polar surface area (TPSA) is 50.8 Å². The van der Waals surface area contributed by atoms with Crippen molar-refractivity contribution >= 4 is 5.91 Å². The summed E-state index contributed by atoms with van der Waals surface area (Å²) in [5.74, 6) is 2.43. The summed E-state index contributed by atoms with van der Waals surface area (Å²) in [6.07, 6.45) is 9.13. The average molecular weight is 358 g/mol. The zero-order valence-electron chi connectivity index (χ0n) is 15.5. The number of amides is 1. The second-order valence-electron chi connectivity index (χ2n) is 7.97. The first kappa shape index (κ1) is 17.7. The molecule has 2 saturated carbocycles. The van der Waals surface area contributed by atoms with E-state index >= 15 is 0 Å². The molecule has 1 aromatic carbocycles. The van der Waals surface area contributed by atoms with E-state index in [-0.39, 0.29) is 12.0 Å². The van der Waals surface area contributed by atoms with Gasteiger partial charge in [-0.3, -0.25) is 9.69 Å². The summed E-state index contributed by atoms with van der Waals surface area (Å²) in [4.78, 5) is 14.9. The number of para-hydroxylation sites is 2. The van der Waals surface area contributed by atoms with E-state index in [1.807, 2.05) is 24.3 Å². The van der Waals surface area contributed by atoms with Crippen LogP contribution < -0.4 is 14.8 Å². The normalized spacial score (nSPS) is 23.0. The molecule has 5 heteroatoms. The van der Waals surface area contributed by atoms with Crippen molar-refractivity contribution in [1.82, 2.24) is 10.2 Å².